The Bertz CT molecular complexity index is 940. The number of anilines is 1. The Labute approximate surface area is 141 Å². The molecule has 0 unspecified atom stereocenters. The standard InChI is InChI=1S/C14H10ClNO7S/c15-11-4-2-8(6-10(11)14(20)21)24(22,23)16-7-1-3-9(13(18)19)12(17)5-7/h1-6,16-17H,(H,18,19)(H,20,21). The van der Waals surface area contributed by atoms with E-state index in [1.165, 1.54) is 0 Å². The van der Waals surface area contributed by atoms with Crippen LogP contribution >= 0.6 is 11.6 Å². The van der Waals surface area contributed by atoms with Crippen LogP contribution in [0.3, 0.4) is 0 Å². The summed E-state index contributed by atoms with van der Waals surface area (Å²) in [5.41, 5.74) is -0.870. The summed E-state index contributed by atoms with van der Waals surface area (Å²) in [7, 11) is -4.17. The lowest BCUT2D eigenvalue weighted by molar-refractivity contribution is 0.0684. The number of aromatic carboxylic acids is 2. The Balaban J connectivity index is 2.39. The van der Waals surface area contributed by atoms with Crippen LogP contribution in [0.1, 0.15) is 20.7 Å². The predicted octanol–water partition coefficient (Wildman–Crippen LogP) is 2.24. The van der Waals surface area contributed by atoms with Gasteiger partial charge < -0.3 is 15.3 Å². The Hall–Kier alpha value is -2.78. The van der Waals surface area contributed by atoms with Crippen molar-refractivity contribution in [1.82, 2.24) is 0 Å². The van der Waals surface area contributed by atoms with Gasteiger partial charge in [0.2, 0.25) is 0 Å². The molecule has 0 atom stereocenters. The molecule has 2 aromatic rings. The molecular weight excluding hydrogens is 362 g/mol. The molecule has 0 fully saturated rings. The molecule has 0 aromatic heterocycles. The molecule has 24 heavy (non-hydrogen) atoms. The van der Waals surface area contributed by atoms with Gasteiger partial charge in [-0.25, -0.2) is 18.0 Å². The average Bonchev–Trinajstić information content (AvgIpc) is 2.46. The van der Waals surface area contributed by atoms with Crippen LogP contribution in [0.5, 0.6) is 5.75 Å². The number of halogens is 1. The topological polar surface area (TPSA) is 141 Å². The predicted molar refractivity (Wildman–Crippen MR) is 84.3 cm³/mol. The van der Waals surface area contributed by atoms with Gasteiger partial charge in [-0.1, -0.05) is 11.6 Å². The van der Waals surface area contributed by atoms with E-state index in [1.807, 2.05) is 0 Å². The smallest absolute Gasteiger partial charge is 0.339 e. The third-order valence-electron chi connectivity index (χ3n) is 2.96. The maximum Gasteiger partial charge on any atom is 0.339 e. The molecule has 0 aliphatic rings. The summed E-state index contributed by atoms with van der Waals surface area (Å²) in [6, 6.07) is 6.23. The molecule has 0 heterocycles. The highest BCUT2D eigenvalue weighted by Crippen LogP contribution is 2.26. The lowest BCUT2D eigenvalue weighted by Crippen LogP contribution is -2.14. The minimum atomic E-state index is -4.17. The molecule has 2 rings (SSSR count). The first-order valence-electron chi connectivity index (χ1n) is 6.24. The molecule has 4 N–H and O–H groups in total. The van der Waals surface area contributed by atoms with Gasteiger partial charge in [0.25, 0.3) is 10.0 Å². The Kier molecular flexibility index (Phi) is 4.67. The SMILES string of the molecule is O=C(O)c1ccc(NS(=O)(=O)c2ccc(Cl)c(C(=O)O)c2)cc1O. The first-order chi connectivity index (χ1) is 11.1. The Morgan fingerprint density at radius 1 is 0.958 bits per heavy atom. The van der Waals surface area contributed by atoms with Gasteiger partial charge in [0.1, 0.15) is 11.3 Å². The van der Waals surface area contributed by atoms with Crippen LogP contribution in [0, 0.1) is 0 Å². The van der Waals surface area contributed by atoms with Crippen molar-refractivity contribution in [3.63, 3.8) is 0 Å². The molecule has 0 amide bonds. The van der Waals surface area contributed by atoms with Crippen LogP contribution in [-0.2, 0) is 10.0 Å². The second kappa shape index (κ2) is 6.38. The third-order valence-corrected chi connectivity index (χ3v) is 4.67. The zero-order chi connectivity index (χ0) is 18.1. The summed E-state index contributed by atoms with van der Waals surface area (Å²) in [4.78, 5) is 21.5. The van der Waals surface area contributed by atoms with Gasteiger partial charge in [-0.05, 0) is 30.3 Å². The molecule has 126 valence electrons. The summed E-state index contributed by atoms with van der Waals surface area (Å²) < 4.78 is 26.7. The zero-order valence-electron chi connectivity index (χ0n) is 11.7. The van der Waals surface area contributed by atoms with Crippen LogP contribution < -0.4 is 4.72 Å². The van der Waals surface area contributed by atoms with Crippen molar-refractivity contribution in [2.75, 3.05) is 4.72 Å². The second-order valence-corrected chi connectivity index (χ2v) is 6.68. The molecule has 10 heteroatoms. The molecule has 2 aromatic carbocycles. The van der Waals surface area contributed by atoms with Crippen LogP contribution in [0.4, 0.5) is 5.69 Å². The number of rotatable bonds is 5. The van der Waals surface area contributed by atoms with Gasteiger partial charge in [-0.3, -0.25) is 4.72 Å². The average molecular weight is 372 g/mol. The van der Waals surface area contributed by atoms with Crippen LogP contribution in [0.15, 0.2) is 41.3 Å². The first kappa shape index (κ1) is 17.6. The van der Waals surface area contributed by atoms with E-state index in [0.717, 1.165) is 36.4 Å². The molecule has 0 saturated carbocycles. The van der Waals surface area contributed by atoms with Crippen LogP contribution in [-0.4, -0.2) is 35.7 Å². The number of nitrogens with one attached hydrogen (secondary N) is 1. The monoisotopic (exact) mass is 371 g/mol. The molecule has 0 radical (unpaired) electrons. The highest BCUT2D eigenvalue weighted by molar-refractivity contribution is 7.92. The minimum absolute atomic E-state index is 0.0932. The Morgan fingerprint density at radius 3 is 2.12 bits per heavy atom. The molecule has 0 aliphatic heterocycles. The maximum absolute atomic E-state index is 12.3. The molecular formula is C14H10ClNO7S. The largest absolute Gasteiger partial charge is 0.507 e. The van der Waals surface area contributed by atoms with Crippen molar-refractivity contribution in [3.05, 3.63) is 52.5 Å². The maximum atomic E-state index is 12.3. The highest BCUT2D eigenvalue weighted by Gasteiger charge is 2.19. The number of carboxylic acids is 2. The van der Waals surface area contributed by atoms with Gasteiger partial charge in [0, 0.05) is 6.07 Å². The van der Waals surface area contributed by atoms with Crippen molar-refractivity contribution >= 4 is 39.3 Å². The molecule has 0 spiro atoms. The van der Waals surface area contributed by atoms with E-state index in [1.54, 1.807) is 0 Å². The fourth-order valence-corrected chi connectivity index (χ4v) is 3.10. The van der Waals surface area contributed by atoms with Crippen LogP contribution in [0.2, 0.25) is 5.02 Å². The van der Waals surface area contributed by atoms with Crippen molar-refractivity contribution < 1.29 is 33.3 Å². The van der Waals surface area contributed by atoms with Crippen molar-refractivity contribution in [1.29, 1.82) is 0 Å². The summed E-state index contributed by atoms with van der Waals surface area (Å²) in [6.45, 7) is 0. The molecule has 8 nitrogen and oxygen atoms in total. The summed E-state index contributed by atoms with van der Waals surface area (Å²) in [6.07, 6.45) is 0. The number of hydrogen-bond donors (Lipinski definition) is 4. The van der Waals surface area contributed by atoms with Gasteiger partial charge in [-0.15, -0.1) is 0 Å². The van der Waals surface area contributed by atoms with E-state index in [2.05, 4.69) is 4.72 Å². The number of aromatic hydroxyl groups is 1. The van der Waals surface area contributed by atoms with Gasteiger partial charge in [0.15, 0.2) is 0 Å². The summed E-state index contributed by atoms with van der Waals surface area (Å²) >= 11 is 5.68. The van der Waals surface area contributed by atoms with Gasteiger partial charge in [-0.2, -0.15) is 0 Å². The van der Waals surface area contributed by atoms with E-state index < -0.39 is 33.3 Å². The number of carboxylic acid groups (broad SMARTS) is 2. The van der Waals surface area contributed by atoms with Crippen molar-refractivity contribution in [3.8, 4) is 5.75 Å². The number of hydrogen-bond acceptors (Lipinski definition) is 5. The summed E-state index contributed by atoms with van der Waals surface area (Å²) in [5.74, 6) is -3.38. The Morgan fingerprint density at radius 2 is 1.58 bits per heavy atom. The lowest BCUT2D eigenvalue weighted by Gasteiger charge is -2.10. The molecule has 0 saturated heterocycles. The quantitative estimate of drug-likeness (QED) is 0.631. The van der Waals surface area contributed by atoms with E-state index in [9.17, 15) is 23.1 Å². The lowest BCUT2D eigenvalue weighted by atomic mass is 10.2. The number of carbonyl (C=O) groups is 2. The van der Waals surface area contributed by atoms with Crippen molar-refractivity contribution in [2.24, 2.45) is 0 Å². The number of sulfonamides is 1. The highest BCUT2D eigenvalue weighted by atomic mass is 35.5. The normalized spacial score (nSPS) is 11.0. The van der Waals surface area contributed by atoms with E-state index in [-0.39, 0.29) is 21.2 Å². The number of benzene rings is 2. The molecule has 0 bridgehead atoms. The minimum Gasteiger partial charge on any atom is -0.507 e. The van der Waals surface area contributed by atoms with E-state index in [4.69, 9.17) is 21.8 Å². The van der Waals surface area contributed by atoms with Gasteiger partial charge in [0.05, 0.1) is 21.2 Å². The van der Waals surface area contributed by atoms with Gasteiger partial charge >= 0.3 is 11.9 Å². The van der Waals surface area contributed by atoms with Crippen LogP contribution in [0.25, 0.3) is 0 Å². The summed E-state index contributed by atoms with van der Waals surface area (Å²) in [5, 5.41) is 27.2. The van der Waals surface area contributed by atoms with E-state index in [0.29, 0.717) is 0 Å². The number of phenols is 1. The third kappa shape index (κ3) is 3.58. The first-order valence-corrected chi connectivity index (χ1v) is 8.10. The fraction of sp³-hybridized carbons (Fsp3) is 0. The molecule has 0 aliphatic carbocycles. The van der Waals surface area contributed by atoms with Crippen molar-refractivity contribution in [2.45, 2.75) is 4.90 Å². The fourth-order valence-electron chi connectivity index (χ4n) is 1.83. The van der Waals surface area contributed by atoms with E-state index >= 15 is 0 Å². The second-order valence-electron chi connectivity index (χ2n) is 4.59. The zero-order valence-corrected chi connectivity index (χ0v) is 13.3.